The molecule has 0 saturated heterocycles. The van der Waals surface area contributed by atoms with Crippen LogP contribution in [0.4, 0.5) is 5.69 Å². The monoisotopic (exact) mass is 412 g/mol. The van der Waals surface area contributed by atoms with Crippen molar-refractivity contribution in [3.63, 3.8) is 0 Å². The van der Waals surface area contributed by atoms with Crippen LogP contribution in [0.15, 0.2) is 58.5 Å². The number of benzene rings is 2. The van der Waals surface area contributed by atoms with E-state index in [-0.39, 0.29) is 28.1 Å². The number of anilines is 1. The number of amides is 1. The van der Waals surface area contributed by atoms with Gasteiger partial charge in [-0.25, -0.2) is 0 Å². The summed E-state index contributed by atoms with van der Waals surface area (Å²) in [5, 5.41) is 11.5. The lowest BCUT2D eigenvalue weighted by molar-refractivity contribution is -0.113. The maximum atomic E-state index is 12.1. The summed E-state index contributed by atoms with van der Waals surface area (Å²) < 4.78 is 0. The van der Waals surface area contributed by atoms with E-state index in [9.17, 15) is 9.59 Å². The van der Waals surface area contributed by atoms with Crippen molar-refractivity contribution in [3.05, 3.63) is 80.7 Å². The summed E-state index contributed by atoms with van der Waals surface area (Å²) >= 11 is 7.14. The van der Waals surface area contributed by atoms with Gasteiger partial charge in [0, 0.05) is 10.7 Å². The molecule has 3 aromatic rings. The summed E-state index contributed by atoms with van der Waals surface area (Å²) in [4.78, 5) is 26.9. The largest absolute Gasteiger partial charge is 0.325 e. The zero-order valence-electron chi connectivity index (χ0n) is 15.0. The van der Waals surface area contributed by atoms with Crippen molar-refractivity contribution in [3.8, 4) is 0 Å². The number of aromatic nitrogens is 3. The predicted molar refractivity (Wildman–Crippen MR) is 114 cm³/mol. The third kappa shape index (κ3) is 5.31. The lowest BCUT2D eigenvalue weighted by atomic mass is 10.2. The molecule has 0 bridgehead atoms. The van der Waals surface area contributed by atoms with E-state index < -0.39 is 0 Å². The van der Waals surface area contributed by atoms with Crippen molar-refractivity contribution in [1.29, 1.82) is 0 Å². The van der Waals surface area contributed by atoms with Crippen LogP contribution in [0, 0.1) is 6.92 Å². The van der Waals surface area contributed by atoms with E-state index in [1.54, 1.807) is 30.4 Å². The summed E-state index contributed by atoms with van der Waals surface area (Å²) in [5.74, 6) is -0.151. The Hall–Kier alpha value is -2.90. The molecular formula is C20H17ClN4O2S. The molecule has 0 aliphatic carbocycles. The quantitative estimate of drug-likeness (QED) is 0.597. The molecule has 2 aromatic carbocycles. The lowest BCUT2D eigenvalue weighted by Crippen LogP contribution is -2.17. The predicted octanol–water partition coefficient (Wildman–Crippen LogP) is 4.03. The molecular weight excluding hydrogens is 396 g/mol. The molecule has 0 fully saturated rings. The van der Waals surface area contributed by atoms with E-state index in [0.717, 1.165) is 22.9 Å². The van der Waals surface area contributed by atoms with Gasteiger partial charge in [-0.1, -0.05) is 65.8 Å². The first-order chi connectivity index (χ1) is 13.5. The molecule has 0 aliphatic heterocycles. The Kier molecular flexibility index (Phi) is 6.62. The van der Waals surface area contributed by atoms with Crippen molar-refractivity contribution < 1.29 is 4.79 Å². The average Bonchev–Trinajstić information content (AvgIpc) is 2.70. The van der Waals surface area contributed by atoms with Crippen LogP contribution in [0.3, 0.4) is 0 Å². The Morgan fingerprint density at radius 2 is 1.93 bits per heavy atom. The van der Waals surface area contributed by atoms with Gasteiger partial charge in [-0.2, -0.15) is 0 Å². The van der Waals surface area contributed by atoms with Crippen molar-refractivity contribution in [2.45, 2.75) is 12.1 Å². The van der Waals surface area contributed by atoms with Gasteiger partial charge in [-0.15, -0.1) is 10.2 Å². The van der Waals surface area contributed by atoms with E-state index in [4.69, 9.17) is 11.6 Å². The van der Waals surface area contributed by atoms with Crippen LogP contribution >= 0.6 is 23.4 Å². The smallest absolute Gasteiger partial charge is 0.277 e. The summed E-state index contributed by atoms with van der Waals surface area (Å²) in [6.45, 7) is 1.83. The van der Waals surface area contributed by atoms with Crippen LogP contribution < -0.4 is 10.9 Å². The molecule has 0 saturated carbocycles. The topological polar surface area (TPSA) is 87.7 Å². The van der Waals surface area contributed by atoms with Crippen LogP contribution in [0.25, 0.3) is 12.2 Å². The highest BCUT2D eigenvalue weighted by molar-refractivity contribution is 7.99. The number of carbonyl (C=O) groups is 1. The normalized spacial score (nSPS) is 10.9. The highest BCUT2D eigenvalue weighted by atomic mass is 35.5. The van der Waals surface area contributed by atoms with Gasteiger partial charge in [0.1, 0.15) is 0 Å². The minimum atomic E-state index is -0.365. The number of aromatic amines is 1. The van der Waals surface area contributed by atoms with Crippen LogP contribution in [0.1, 0.15) is 16.8 Å². The maximum absolute atomic E-state index is 12.1. The zero-order valence-corrected chi connectivity index (χ0v) is 16.6. The first-order valence-electron chi connectivity index (χ1n) is 8.41. The highest BCUT2D eigenvalue weighted by Gasteiger charge is 2.09. The third-order valence-electron chi connectivity index (χ3n) is 3.82. The fraction of sp³-hybridized carbons (Fsp3) is 0.100. The number of halogens is 1. The second-order valence-corrected chi connectivity index (χ2v) is 7.21. The second-order valence-electron chi connectivity index (χ2n) is 5.84. The second kappa shape index (κ2) is 9.34. The number of nitrogens with one attached hydrogen (secondary N) is 2. The minimum absolute atomic E-state index is 0.0791. The molecule has 6 nitrogen and oxygen atoms in total. The number of nitrogens with zero attached hydrogens (tertiary/aromatic N) is 2. The Labute approximate surface area is 171 Å². The van der Waals surface area contributed by atoms with Gasteiger partial charge in [0.2, 0.25) is 5.91 Å². The molecule has 0 spiro atoms. The number of carbonyl (C=O) groups excluding carboxylic acids is 1. The van der Waals surface area contributed by atoms with E-state index in [1.165, 1.54) is 0 Å². The van der Waals surface area contributed by atoms with Crippen LogP contribution in [-0.4, -0.2) is 26.8 Å². The van der Waals surface area contributed by atoms with Crippen molar-refractivity contribution in [2.75, 3.05) is 11.1 Å². The van der Waals surface area contributed by atoms with E-state index in [2.05, 4.69) is 20.5 Å². The summed E-state index contributed by atoms with van der Waals surface area (Å²) in [6.07, 6.45) is 3.39. The maximum Gasteiger partial charge on any atom is 0.277 e. The fourth-order valence-electron chi connectivity index (χ4n) is 2.31. The standard InChI is InChI=1S/C20H17ClN4O2S/c1-13-15(21)8-5-9-16(13)22-18(26)12-28-20-23-19(27)17(24-25-20)11-10-14-6-3-2-4-7-14/h2-11H,12H2,1H3,(H,22,26)(H,23,25,27)/b11-10+. The molecule has 0 radical (unpaired) electrons. The van der Waals surface area contributed by atoms with Gasteiger partial charge in [0.05, 0.1) is 5.75 Å². The molecule has 8 heteroatoms. The fourth-order valence-corrected chi connectivity index (χ4v) is 3.09. The Morgan fingerprint density at radius 3 is 2.68 bits per heavy atom. The van der Waals surface area contributed by atoms with Gasteiger partial charge >= 0.3 is 0 Å². The van der Waals surface area contributed by atoms with Gasteiger partial charge in [0.25, 0.3) is 5.56 Å². The van der Waals surface area contributed by atoms with Gasteiger partial charge in [0.15, 0.2) is 10.9 Å². The molecule has 1 amide bonds. The number of thioether (sulfide) groups is 1. The molecule has 0 atom stereocenters. The summed E-state index contributed by atoms with van der Waals surface area (Å²) in [6, 6.07) is 14.9. The molecule has 0 unspecified atom stereocenters. The van der Waals surface area contributed by atoms with E-state index in [0.29, 0.717) is 10.7 Å². The van der Waals surface area contributed by atoms with Crippen molar-refractivity contribution in [2.24, 2.45) is 0 Å². The Balaban J connectivity index is 1.60. The lowest BCUT2D eigenvalue weighted by Gasteiger charge is -2.09. The zero-order chi connectivity index (χ0) is 19.9. The van der Waals surface area contributed by atoms with Gasteiger partial charge in [-0.05, 0) is 36.3 Å². The number of hydrogen-bond acceptors (Lipinski definition) is 5. The van der Waals surface area contributed by atoms with Crippen molar-refractivity contribution >= 4 is 47.1 Å². The Morgan fingerprint density at radius 1 is 1.14 bits per heavy atom. The highest BCUT2D eigenvalue weighted by Crippen LogP contribution is 2.23. The molecule has 28 heavy (non-hydrogen) atoms. The number of H-pyrrole nitrogens is 1. The molecule has 142 valence electrons. The van der Waals surface area contributed by atoms with Crippen molar-refractivity contribution in [1.82, 2.24) is 15.2 Å². The van der Waals surface area contributed by atoms with E-state index >= 15 is 0 Å². The number of hydrogen-bond donors (Lipinski definition) is 2. The van der Waals surface area contributed by atoms with E-state index in [1.807, 2.05) is 37.3 Å². The molecule has 2 N–H and O–H groups in total. The molecule has 1 aromatic heterocycles. The number of rotatable bonds is 6. The molecule has 3 rings (SSSR count). The first-order valence-corrected chi connectivity index (χ1v) is 9.77. The first kappa shape index (κ1) is 19.9. The molecule has 1 heterocycles. The van der Waals surface area contributed by atoms with Crippen LogP contribution in [-0.2, 0) is 4.79 Å². The summed E-state index contributed by atoms with van der Waals surface area (Å²) in [7, 11) is 0. The average molecular weight is 413 g/mol. The van der Waals surface area contributed by atoms with Gasteiger partial charge < -0.3 is 5.32 Å². The Bertz CT molecular complexity index is 1070. The van der Waals surface area contributed by atoms with Gasteiger partial charge in [-0.3, -0.25) is 14.6 Å². The van der Waals surface area contributed by atoms with Crippen LogP contribution in [0.2, 0.25) is 5.02 Å². The summed E-state index contributed by atoms with van der Waals surface area (Å²) in [5.41, 5.74) is 2.24. The minimum Gasteiger partial charge on any atom is -0.325 e. The van der Waals surface area contributed by atoms with Crippen LogP contribution in [0.5, 0.6) is 0 Å². The third-order valence-corrected chi connectivity index (χ3v) is 5.09. The molecule has 0 aliphatic rings. The SMILES string of the molecule is Cc1c(Cl)cccc1NC(=O)CSc1nnc(/C=C/c2ccccc2)c(=O)[nH]1.